The van der Waals surface area contributed by atoms with Crippen LogP contribution >= 0.6 is 0 Å². The number of nitrogens with zero attached hydrogens (tertiary/aromatic N) is 4. The van der Waals surface area contributed by atoms with Gasteiger partial charge in [0.1, 0.15) is 5.82 Å². The molecular formula is C21H20N6O. The van der Waals surface area contributed by atoms with Crippen LogP contribution in [0.5, 0.6) is 0 Å². The maximum absolute atomic E-state index is 12.2. The highest BCUT2D eigenvalue weighted by Crippen LogP contribution is 2.22. The molecule has 0 atom stereocenters. The summed E-state index contributed by atoms with van der Waals surface area (Å²) in [6.07, 6.45) is 5.59. The molecule has 0 unspecified atom stereocenters. The number of aromatic nitrogens is 4. The smallest absolute Gasteiger partial charge is 0.320 e. The van der Waals surface area contributed by atoms with Gasteiger partial charge in [0.15, 0.2) is 0 Å². The first-order chi connectivity index (χ1) is 13.7. The Bertz CT molecular complexity index is 1110. The zero-order chi connectivity index (χ0) is 19.3. The van der Waals surface area contributed by atoms with E-state index in [1.807, 2.05) is 66.5 Å². The number of urea groups is 1. The van der Waals surface area contributed by atoms with Crippen molar-refractivity contribution in [1.29, 1.82) is 0 Å². The zero-order valence-electron chi connectivity index (χ0n) is 15.5. The van der Waals surface area contributed by atoms with Crippen molar-refractivity contribution in [3.05, 3.63) is 72.7 Å². The number of rotatable bonds is 5. The van der Waals surface area contributed by atoms with Gasteiger partial charge in [-0.25, -0.2) is 9.78 Å². The number of amides is 2. The molecule has 0 radical (unpaired) electrons. The molecule has 7 heteroatoms. The highest BCUT2D eigenvalue weighted by atomic mass is 16.2. The summed E-state index contributed by atoms with van der Waals surface area (Å²) in [5, 5.41) is 9.89. The van der Waals surface area contributed by atoms with Crippen LogP contribution in [0, 0.1) is 0 Å². The zero-order valence-corrected chi connectivity index (χ0v) is 15.5. The van der Waals surface area contributed by atoms with Crippen LogP contribution < -0.4 is 10.6 Å². The lowest BCUT2D eigenvalue weighted by atomic mass is 10.1. The molecule has 4 rings (SSSR count). The van der Waals surface area contributed by atoms with Crippen molar-refractivity contribution < 1.29 is 4.79 Å². The second-order valence-electron chi connectivity index (χ2n) is 6.34. The third-order valence-electron chi connectivity index (χ3n) is 4.37. The molecule has 4 aromatic rings. The highest BCUT2D eigenvalue weighted by molar-refractivity contribution is 5.90. The number of benzene rings is 1. The molecule has 1 aromatic carbocycles. The van der Waals surface area contributed by atoms with E-state index >= 15 is 0 Å². The average molecular weight is 372 g/mol. The minimum Gasteiger partial charge on any atom is -0.334 e. The third-order valence-corrected chi connectivity index (χ3v) is 4.37. The van der Waals surface area contributed by atoms with Gasteiger partial charge in [0.05, 0.1) is 17.2 Å². The van der Waals surface area contributed by atoms with Crippen LogP contribution in [-0.2, 0) is 13.1 Å². The van der Waals surface area contributed by atoms with Gasteiger partial charge in [0.2, 0.25) is 0 Å². The van der Waals surface area contributed by atoms with E-state index in [0.717, 1.165) is 28.8 Å². The van der Waals surface area contributed by atoms with Gasteiger partial charge in [-0.3, -0.25) is 15.0 Å². The second kappa shape index (κ2) is 7.87. The van der Waals surface area contributed by atoms with Crippen molar-refractivity contribution in [2.75, 3.05) is 5.32 Å². The van der Waals surface area contributed by atoms with Crippen LogP contribution in [-0.4, -0.2) is 25.8 Å². The van der Waals surface area contributed by atoms with Gasteiger partial charge >= 0.3 is 6.03 Å². The van der Waals surface area contributed by atoms with Crippen molar-refractivity contribution in [2.24, 2.45) is 0 Å². The number of anilines is 1. The molecule has 0 fully saturated rings. The lowest BCUT2D eigenvalue weighted by Crippen LogP contribution is -2.28. The minimum absolute atomic E-state index is 0.302. The number of hydrogen-bond donors (Lipinski definition) is 2. The molecule has 0 bridgehead atoms. The van der Waals surface area contributed by atoms with Crippen molar-refractivity contribution in [3.8, 4) is 11.1 Å². The van der Waals surface area contributed by atoms with Crippen LogP contribution in [0.25, 0.3) is 22.2 Å². The Morgan fingerprint density at radius 2 is 1.89 bits per heavy atom. The van der Waals surface area contributed by atoms with Crippen LogP contribution in [0.15, 0.2) is 67.1 Å². The van der Waals surface area contributed by atoms with Gasteiger partial charge in [0.25, 0.3) is 0 Å². The van der Waals surface area contributed by atoms with Crippen LogP contribution in [0.4, 0.5) is 10.6 Å². The van der Waals surface area contributed by atoms with E-state index in [-0.39, 0.29) is 6.03 Å². The number of pyridine rings is 2. The summed E-state index contributed by atoms with van der Waals surface area (Å²) in [6, 6.07) is 15.0. The molecule has 3 aromatic heterocycles. The van der Waals surface area contributed by atoms with Gasteiger partial charge in [0, 0.05) is 36.6 Å². The Morgan fingerprint density at radius 1 is 1.04 bits per heavy atom. The third kappa shape index (κ3) is 3.98. The summed E-state index contributed by atoms with van der Waals surface area (Å²) in [5.41, 5.74) is 4.43. The first-order valence-corrected chi connectivity index (χ1v) is 9.09. The fourth-order valence-corrected chi connectivity index (χ4v) is 2.86. The molecule has 7 nitrogen and oxygen atoms in total. The van der Waals surface area contributed by atoms with E-state index in [1.165, 1.54) is 0 Å². The monoisotopic (exact) mass is 372 g/mol. The molecule has 0 saturated heterocycles. The van der Waals surface area contributed by atoms with E-state index in [4.69, 9.17) is 0 Å². The molecule has 2 amide bonds. The van der Waals surface area contributed by atoms with Crippen molar-refractivity contribution >= 4 is 22.9 Å². The van der Waals surface area contributed by atoms with Crippen molar-refractivity contribution in [2.45, 2.75) is 20.0 Å². The Balaban J connectivity index is 1.49. The number of carbonyl (C=O) groups is 1. The topological polar surface area (TPSA) is 84.7 Å². The number of aryl methyl sites for hydroxylation is 1. The molecule has 0 spiro atoms. The molecule has 28 heavy (non-hydrogen) atoms. The SMILES string of the molecule is CCn1cc(-c2cnc3ccc(NC(=O)NCc4ccccc4)nc3c2)cn1. The predicted octanol–water partition coefficient (Wildman–Crippen LogP) is 3.83. The molecule has 2 N–H and O–H groups in total. The molecule has 0 aliphatic heterocycles. The molecule has 3 heterocycles. The van der Waals surface area contributed by atoms with Gasteiger partial charge < -0.3 is 5.32 Å². The fraction of sp³-hybridized carbons (Fsp3) is 0.143. The molecule has 0 aliphatic rings. The molecule has 0 saturated carbocycles. The minimum atomic E-state index is -0.302. The summed E-state index contributed by atoms with van der Waals surface area (Å²) in [6.45, 7) is 3.30. The van der Waals surface area contributed by atoms with Crippen LogP contribution in [0.3, 0.4) is 0 Å². The predicted molar refractivity (Wildman–Crippen MR) is 109 cm³/mol. The summed E-state index contributed by atoms with van der Waals surface area (Å²) in [7, 11) is 0. The van der Waals surface area contributed by atoms with E-state index in [9.17, 15) is 4.79 Å². The summed E-state index contributed by atoms with van der Waals surface area (Å²) in [5.74, 6) is 0.473. The number of carbonyl (C=O) groups excluding carboxylic acids is 1. The molecule has 140 valence electrons. The van der Waals surface area contributed by atoms with E-state index in [2.05, 4.69) is 25.7 Å². The number of fused-ring (bicyclic) bond motifs is 1. The Hall–Kier alpha value is -3.74. The normalized spacial score (nSPS) is 10.8. The van der Waals surface area contributed by atoms with E-state index in [0.29, 0.717) is 17.9 Å². The highest BCUT2D eigenvalue weighted by Gasteiger charge is 2.07. The van der Waals surface area contributed by atoms with E-state index in [1.54, 1.807) is 12.3 Å². The lowest BCUT2D eigenvalue weighted by molar-refractivity contribution is 0.251. The first kappa shape index (κ1) is 17.7. The summed E-state index contributed by atoms with van der Waals surface area (Å²) < 4.78 is 1.86. The van der Waals surface area contributed by atoms with Gasteiger partial charge in [-0.2, -0.15) is 5.10 Å². The number of nitrogens with one attached hydrogen (secondary N) is 2. The number of hydrogen-bond acceptors (Lipinski definition) is 4. The summed E-state index contributed by atoms with van der Waals surface area (Å²) in [4.78, 5) is 21.1. The van der Waals surface area contributed by atoms with Gasteiger partial charge in [-0.05, 0) is 30.7 Å². The molecule has 0 aliphatic carbocycles. The Kier molecular flexibility index (Phi) is 4.97. The van der Waals surface area contributed by atoms with Crippen LogP contribution in [0.1, 0.15) is 12.5 Å². The fourth-order valence-electron chi connectivity index (χ4n) is 2.86. The van der Waals surface area contributed by atoms with Crippen molar-refractivity contribution in [3.63, 3.8) is 0 Å². The standard InChI is InChI=1S/C21H20N6O/c1-2-27-14-17(13-24-27)16-10-19-18(22-12-16)8-9-20(25-19)26-21(28)23-11-15-6-4-3-5-7-15/h3-10,12-14H,2,11H2,1H3,(H2,23,25,26,28). The quantitative estimate of drug-likeness (QED) is 0.557. The summed E-state index contributed by atoms with van der Waals surface area (Å²) >= 11 is 0. The molecular weight excluding hydrogens is 352 g/mol. The lowest BCUT2D eigenvalue weighted by Gasteiger charge is -2.08. The first-order valence-electron chi connectivity index (χ1n) is 9.09. The Morgan fingerprint density at radius 3 is 2.68 bits per heavy atom. The van der Waals surface area contributed by atoms with Gasteiger partial charge in [-0.1, -0.05) is 30.3 Å². The second-order valence-corrected chi connectivity index (χ2v) is 6.34. The Labute approximate surface area is 162 Å². The average Bonchev–Trinajstić information content (AvgIpc) is 3.22. The maximum atomic E-state index is 12.2. The van der Waals surface area contributed by atoms with Crippen molar-refractivity contribution in [1.82, 2.24) is 25.1 Å². The maximum Gasteiger partial charge on any atom is 0.320 e. The van der Waals surface area contributed by atoms with Crippen LogP contribution in [0.2, 0.25) is 0 Å². The largest absolute Gasteiger partial charge is 0.334 e. The van der Waals surface area contributed by atoms with E-state index < -0.39 is 0 Å². The van der Waals surface area contributed by atoms with Gasteiger partial charge in [-0.15, -0.1) is 0 Å².